The molecule has 542 valence electrons. The van der Waals surface area contributed by atoms with Crippen LogP contribution in [-0.2, 0) is 62.2 Å². The van der Waals surface area contributed by atoms with E-state index in [1.807, 2.05) is 75.3 Å². The molecule has 1 spiro atoms. The molecule has 0 aromatic rings. The standard InChI is InChI=1S/C72H125N9O14/c1-25-27-28-47(13)63(85)62-64(86)73-53(26-2)68(90)74(18)51(17)66(88)79(23)61(50(16)41-81-31-29-72(30-32-81)94-33-34-95-72)59(84)40-52(45(9)10)67(89)75(19)54(35-42(3)4)58(83)38-48(14)57(82)39-49(15)65(87)76(20)55(36-43(5)6)69(91)77(21)56(37-44(7)8)70(92)78(22)60(46(11)12)71(93)80(62)24/h25,27,42-56,60-63,85H,26,28-41H2,1-24H3,(H,73,86)/b27-25+/t47-,48-,49+,50-,51-,52+,53+,54+,55+,56+,60+,61+,62+,63-/m1/s1. The molecule has 0 saturated carbocycles. The first kappa shape index (κ1) is 83.6. The van der Waals surface area contributed by atoms with Crippen LogP contribution in [-0.4, -0.2) is 251 Å². The molecule has 3 rings (SSSR count). The molecule has 0 aromatic heterocycles. The average Bonchev–Trinajstić information content (AvgIpc) is 1.12. The number of aliphatic hydroxyl groups excluding tert-OH is 1. The number of piperidine rings is 1. The summed E-state index contributed by atoms with van der Waals surface area (Å²) in [4.78, 5) is 176. The maximum absolute atomic E-state index is 15.4. The zero-order chi connectivity index (χ0) is 72.6. The molecule has 0 aliphatic carbocycles. The number of nitrogens with zero attached hydrogens (tertiary/aromatic N) is 8. The van der Waals surface area contributed by atoms with Gasteiger partial charge in [0.05, 0.1) is 31.4 Å². The molecule has 8 amide bonds. The van der Waals surface area contributed by atoms with Crippen LogP contribution in [0.5, 0.6) is 0 Å². The van der Waals surface area contributed by atoms with Crippen molar-refractivity contribution in [3.8, 4) is 0 Å². The van der Waals surface area contributed by atoms with Crippen LogP contribution in [0.1, 0.15) is 182 Å². The number of likely N-dealkylation sites (N-methyl/N-ethyl adjacent to an activating group) is 7. The van der Waals surface area contributed by atoms with E-state index in [-0.39, 0.29) is 74.3 Å². The smallest absolute Gasteiger partial charge is 0.246 e. The molecule has 23 heteroatoms. The molecular weight excluding hydrogens is 1210 g/mol. The number of Topliss-reactive ketones (excluding diaryl/α,β-unsaturated/α-hetero) is 3. The molecule has 0 radical (unpaired) electrons. The molecule has 0 unspecified atom stereocenters. The van der Waals surface area contributed by atoms with E-state index >= 15 is 33.6 Å². The van der Waals surface area contributed by atoms with Crippen LogP contribution in [0.25, 0.3) is 0 Å². The molecule has 3 saturated heterocycles. The Morgan fingerprint density at radius 2 is 0.979 bits per heavy atom. The third-order valence-corrected chi connectivity index (χ3v) is 20.3. The monoisotopic (exact) mass is 1340 g/mol. The lowest BCUT2D eigenvalue weighted by molar-refractivity contribution is -0.186. The predicted molar refractivity (Wildman–Crippen MR) is 367 cm³/mol. The summed E-state index contributed by atoms with van der Waals surface area (Å²) in [6.45, 7) is 32.9. The van der Waals surface area contributed by atoms with E-state index < -0.39 is 155 Å². The number of likely N-dealkylation sites (tertiary alicyclic amines) is 1. The van der Waals surface area contributed by atoms with Crippen molar-refractivity contribution in [2.45, 2.75) is 242 Å². The van der Waals surface area contributed by atoms with Gasteiger partial charge in [0.15, 0.2) is 17.4 Å². The topological polar surface area (TPSA) is 264 Å². The Morgan fingerprint density at radius 1 is 0.516 bits per heavy atom. The maximum Gasteiger partial charge on any atom is 0.246 e. The van der Waals surface area contributed by atoms with E-state index in [9.17, 15) is 24.3 Å². The fourth-order valence-electron chi connectivity index (χ4n) is 14.0. The zero-order valence-corrected chi connectivity index (χ0v) is 62.6. The Labute approximate surface area is 569 Å². The average molecular weight is 1340 g/mol. The van der Waals surface area contributed by atoms with E-state index in [4.69, 9.17) is 9.47 Å². The number of carbonyl (C=O) groups excluding carboxylic acids is 11. The minimum absolute atomic E-state index is 0.0157. The highest BCUT2D eigenvalue weighted by Crippen LogP contribution is 2.34. The number of hydrogen-bond acceptors (Lipinski definition) is 15. The Hall–Kier alpha value is -5.65. The van der Waals surface area contributed by atoms with Crippen molar-refractivity contribution in [2.24, 2.45) is 59.2 Å². The lowest BCUT2D eigenvalue weighted by atomic mass is 9.83. The molecule has 23 nitrogen and oxygen atoms in total. The quantitative estimate of drug-likeness (QED) is 0.159. The Morgan fingerprint density at radius 3 is 1.46 bits per heavy atom. The highest BCUT2D eigenvalue weighted by molar-refractivity contribution is 6.00. The van der Waals surface area contributed by atoms with Gasteiger partial charge in [0.2, 0.25) is 47.3 Å². The number of amides is 8. The van der Waals surface area contributed by atoms with Crippen molar-refractivity contribution in [2.75, 3.05) is 82.2 Å². The van der Waals surface area contributed by atoms with Gasteiger partial charge in [0, 0.05) is 119 Å². The molecule has 95 heavy (non-hydrogen) atoms. The second kappa shape index (κ2) is 37.3. The lowest BCUT2D eigenvalue weighted by Crippen LogP contribution is -2.63. The van der Waals surface area contributed by atoms with Crippen molar-refractivity contribution in [1.29, 1.82) is 0 Å². The lowest BCUT2D eigenvalue weighted by Gasteiger charge is -2.42. The third kappa shape index (κ3) is 21.9. The van der Waals surface area contributed by atoms with Gasteiger partial charge in [-0.15, -0.1) is 0 Å². The Balaban J connectivity index is 2.34. The number of ether oxygens (including phenoxy) is 2. The fourth-order valence-corrected chi connectivity index (χ4v) is 14.0. The molecule has 3 aliphatic rings. The van der Waals surface area contributed by atoms with Gasteiger partial charge in [-0.05, 0) is 87.4 Å². The number of carbonyl (C=O) groups is 11. The van der Waals surface area contributed by atoms with Gasteiger partial charge in [0.1, 0.15) is 42.0 Å². The number of rotatable bonds is 16. The number of allylic oxidation sites excluding steroid dienone is 2. The van der Waals surface area contributed by atoms with E-state index in [1.54, 1.807) is 54.7 Å². The van der Waals surface area contributed by atoms with Gasteiger partial charge in [-0.2, -0.15) is 0 Å². The van der Waals surface area contributed by atoms with Crippen LogP contribution in [0.2, 0.25) is 0 Å². The summed E-state index contributed by atoms with van der Waals surface area (Å²) in [7, 11) is 10.3. The summed E-state index contributed by atoms with van der Waals surface area (Å²) in [6.07, 6.45) is 3.43. The molecule has 3 heterocycles. The summed E-state index contributed by atoms with van der Waals surface area (Å²) < 4.78 is 12.0. The first-order valence-electron chi connectivity index (χ1n) is 35.2. The van der Waals surface area contributed by atoms with E-state index in [0.717, 1.165) is 4.90 Å². The predicted octanol–water partition coefficient (Wildman–Crippen LogP) is 6.36. The third-order valence-electron chi connectivity index (χ3n) is 20.3. The summed E-state index contributed by atoms with van der Waals surface area (Å²) >= 11 is 0. The van der Waals surface area contributed by atoms with Gasteiger partial charge in [-0.1, -0.05) is 116 Å². The van der Waals surface area contributed by atoms with E-state index in [2.05, 4.69) is 10.2 Å². The van der Waals surface area contributed by atoms with Crippen molar-refractivity contribution in [3.05, 3.63) is 12.2 Å². The number of aliphatic hydroxyl groups is 1. The van der Waals surface area contributed by atoms with Gasteiger partial charge in [-0.3, -0.25) is 52.7 Å². The fraction of sp³-hybridized carbons (Fsp3) is 0.819. The molecule has 3 fully saturated rings. The SMILES string of the molecule is C/C=C/C[C@@H](C)[C@@H](O)[C@H]1C(=O)N[C@@H](CC)C(=O)N(C)[C@H](C)C(=O)N(C)[C@@H]([C@H](C)CN2CCC3(CC2)OCCO3)C(=O)C[C@@H](C(C)C)C(=O)N(C)[C@@H](CC(C)C)C(=O)C[C@@H](C)C(=O)C[C@H](C)C(=O)N(C)[C@@H](CC(C)C)C(=O)N(C)[C@@H](CC(C)C)C(=O)N(C)[C@@H](C(C)C)C(=O)N1C. The molecule has 2 N–H and O–H groups in total. The molecule has 0 aromatic carbocycles. The molecule has 14 atom stereocenters. The van der Waals surface area contributed by atoms with Crippen molar-refractivity contribution < 1.29 is 67.3 Å². The second-order valence-electron chi connectivity index (χ2n) is 30.1. The largest absolute Gasteiger partial charge is 0.390 e. The van der Waals surface area contributed by atoms with Crippen molar-refractivity contribution >= 4 is 64.6 Å². The highest BCUT2D eigenvalue weighted by atomic mass is 16.7. The second-order valence-corrected chi connectivity index (χ2v) is 30.1. The van der Waals surface area contributed by atoms with E-state index in [1.165, 1.54) is 78.6 Å². The first-order chi connectivity index (χ1) is 44.1. The number of ketones is 3. The molecular formula is C72H125N9O14. The minimum atomic E-state index is -1.62. The Kier molecular flexibility index (Phi) is 32.9. The minimum Gasteiger partial charge on any atom is -0.390 e. The molecule has 3 aliphatic heterocycles. The first-order valence-corrected chi connectivity index (χ1v) is 35.2. The van der Waals surface area contributed by atoms with Crippen LogP contribution in [0.3, 0.4) is 0 Å². The van der Waals surface area contributed by atoms with Crippen LogP contribution in [0.4, 0.5) is 0 Å². The number of nitrogens with one attached hydrogen (secondary N) is 1. The van der Waals surface area contributed by atoms with Gasteiger partial charge in [0.25, 0.3) is 0 Å². The van der Waals surface area contributed by atoms with Crippen LogP contribution < -0.4 is 5.32 Å². The van der Waals surface area contributed by atoms with Crippen LogP contribution in [0, 0.1) is 59.2 Å². The summed E-state index contributed by atoms with van der Waals surface area (Å²) in [6, 6.07) is -9.73. The summed E-state index contributed by atoms with van der Waals surface area (Å²) in [5.74, 6) is -12.0. The summed E-state index contributed by atoms with van der Waals surface area (Å²) in [5, 5.41) is 15.1. The normalized spacial score (nSPS) is 29.1. The van der Waals surface area contributed by atoms with Crippen LogP contribution in [0.15, 0.2) is 12.2 Å². The van der Waals surface area contributed by atoms with E-state index in [0.29, 0.717) is 52.1 Å². The van der Waals surface area contributed by atoms with Crippen LogP contribution >= 0.6 is 0 Å². The van der Waals surface area contributed by atoms with Gasteiger partial charge < -0.3 is 59.1 Å². The Bertz CT molecular complexity index is 2650. The zero-order valence-electron chi connectivity index (χ0n) is 62.6. The molecule has 0 bridgehead atoms. The van der Waals surface area contributed by atoms with Crippen molar-refractivity contribution in [3.63, 3.8) is 0 Å². The summed E-state index contributed by atoms with van der Waals surface area (Å²) in [5.41, 5.74) is 0. The highest BCUT2D eigenvalue weighted by Gasteiger charge is 2.48. The van der Waals surface area contributed by atoms with Gasteiger partial charge >= 0.3 is 0 Å². The van der Waals surface area contributed by atoms with Gasteiger partial charge in [-0.25, -0.2) is 0 Å². The maximum atomic E-state index is 15.4. The number of hydrogen-bond donors (Lipinski definition) is 2. The van der Waals surface area contributed by atoms with Crippen molar-refractivity contribution in [1.82, 2.24) is 44.5 Å².